The molecule has 3 amide bonds. The highest BCUT2D eigenvalue weighted by atomic mass is 16.5. The molecule has 0 heterocycles. The molecule has 126 valence electrons. The Bertz CT molecular complexity index is 528. The second-order valence-corrected chi connectivity index (χ2v) is 5.81. The molecular formula is C17H25N3O3. The molecule has 2 rings (SSSR count). The second kappa shape index (κ2) is 9.15. The van der Waals surface area contributed by atoms with Crippen LogP contribution in [0.3, 0.4) is 0 Å². The number of hydrogen-bond donors (Lipinski definition) is 3. The first-order valence-electron chi connectivity index (χ1n) is 8.21. The molecule has 1 fully saturated rings. The van der Waals surface area contributed by atoms with E-state index < -0.39 is 6.03 Å². The standard InChI is InChI=1S/C17H25N3O3/c18-17(22)20-14-7-4-6-13(12-14)16(21)19-10-5-11-23-15-8-2-1-3-9-15/h4,6-7,12,15H,1-3,5,8-11H2,(H,19,21)(H3,18,20,22). The summed E-state index contributed by atoms with van der Waals surface area (Å²) in [7, 11) is 0. The molecule has 0 saturated heterocycles. The van der Waals surface area contributed by atoms with E-state index >= 15 is 0 Å². The van der Waals surface area contributed by atoms with Crippen LogP contribution in [-0.4, -0.2) is 31.2 Å². The fourth-order valence-electron chi connectivity index (χ4n) is 2.74. The number of nitrogens with one attached hydrogen (secondary N) is 2. The summed E-state index contributed by atoms with van der Waals surface area (Å²) in [5.41, 5.74) is 6.06. The lowest BCUT2D eigenvalue weighted by Crippen LogP contribution is -2.26. The summed E-state index contributed by atoms with van der Waals surface area (Å²) in [4.78, 5) is 22.9. The fourth-order valence-corrected chi connectivity index (χ4v) is 2.74. The number of carbonyl (C=O) groups excluding carboxylic acids is 2. The van der Waals surface area contributed by atoms with Crippen molar-refractivity contribution in [2.24, 2.45) is 5.73 Å². The van der Waals surface area contributed by atoms with E-state index in [1.807, 2.05) is 0 Å². The molecule has 0 spiro atoms. The molecule has 1 saturated carbocycles. The minimum atomic E-state index is -0.651. The van der Waals surface area contributed by atoms with E-state index in [1.165, 1.54) is 19.3 Å². The lowest BCUT2D eigenvalue weighted by molar-refractivity contribution is 0.0273. The molecule has 4 N–H and O–H groups in total. The summed E-state index contributed by atoms with van der Waals surface area (Å²) in [6.07, 6.45) is 7.35. The monoisotopic (exact) mass is 319 g/mol. The molecule has 1 aliphatic rings. The predicted molar refractivity (Wildman–Crippen MR) is 89.4 cm³/mol. The van der Waals surface area contributed by atoms with Crippen molar-refractivity contribution in [2.75, 3.05) is 18.5 Å². The Labute approximate surface area is 136 Å². The van der Waals surface area contributed by atoms with Gasteiger partial charge in [-0.15, -0.1) is 0 Å². The van der Waals surface area contributed by atoms with Gasteiger partial charge < -0.3 is 21.1 Å². The quantitative estimate of drug-likeness (QED) is 0.674. The average Bonchev–Trinajstić information content (AvgIpc) is 2.55. The summed E-state index contributed by atoms with van der Waals surface area (Å²) in [6, 6.07) is 6.02. The molecular weight excluding hydrogens is 294 g/mol. The van der Waals surface area contributed by atoms with Crippen molar-refractivity contribution >= 4 is 17.6 Å². The molecule has 6 heteroatoms. The summed E-state index contributed by atoms with van der Waals surface area (Å²) in [5, 5.41) is 5.31. The van der Waals surface area contributed by atoms with E-state index in [9.17, 15) is 9.59 Å². The second-order valence-electron chi connectivity index (χ2n) is 5.81. The number of hydrogen-bond acceptors (Lipinski definition) is 3. The average molecular weight is 319 g/mol. The Balaban J connectivity index is 1.67. The zero-order valence-electron chi connectivity index (χ0n) is 13.3. The Kier molecular flexibility index (Phi) is 6.87. The van der Waals surface area contributed by atoms with Crippen molar-refractivity contribution in [3.63, 3.8) is 0 Å². The van der Waals surface area contributed by atoms with E-state index in [-0.39, 0.29) is 5.91 Å². The van der Waals surface area contributed by atoms with Crippen molar-refractivity contribution in [2.45, 2.75) is 44.6 Å². The molecule has 0 aromatic heterocycles. The molecule has 0 atom stereocenters. The number of primary amides is 1. The van der Waals surface area contributed by atoms with Crippen LogP contribution in [0.2, 0.25) is 0 Å². The van der Waals surface area contributed by atoms with Crippen LogP contribution in [-0.2, 0) is 4.74 Å². The van der Waals surface area contributed by atoms with Gasteiger partial charge in [0.2, 0.25) is 0 Å². The van der Waals surface area contributed by atoms with Crippen LogP contribution in [0.25, 0.3) is 0 Å². The lowest BCUT2D eigenvalue weighted by atomic mass is 9.98. The van der Waals surface area contributed by atoms with Crippen molar-refractivity contribution in [3.8, 4) is 0 Å². The van der Waals surface area contributed by atoms with Crippen LogP contribution >= 0.6 is 0 Å². The zero-order valence-corrected chi connectivity index (χ0v) is 13.3. The number of anilines is 1. The van der Waals surface area contributed by atoms with Crippen LogP contribution in [0.15, 0.2) is 24.3 Å². The molecule has 6 nitrogen and oxygen atoms in total. The van der Waals surface area contributed by atoms with E-state index in [0.29, 0.717) is 30.5 Å². The number of ether oxygens (including phenoxy) is 1. The molecule has 0 bridgehead atoms. The Morgan fingerprint density at radius 1 is 1.22 bits per heavy atom. The van der Waals surface area contributed by atoms with Crippen LogP contribution in [0.4, 0.5) is 10.5 Å². The van der Waals surface area contributed by atoms with E-state index in [1.54, 1.807) is 24.3 Å². The summed E-state index contributed by atoms with van der Waals surface area (Å²) < 4.78 is 5.82. The number of rotatable bonds is 7. The van der Waals surface area contributed by atoms with Gasteiger partial charge in [-0.3, -0.25) is 4.79 Å². The van der Waals surface area contributed by atoms with Gasteiger partial charge in [-0.05, 0) is 37.5 Å². The largest absolute Gasteiger partial charge is 0.378 e. The van der Waals surface area contributed by atoms with Gasteiger partial charge in [-0.2, -0.15) is 0 Å². The fraction of sp³-hybridized carbons (Fsp3) is 0.529. The molecule has 0 aliphatic heterocycles. The van der Waals surface area contributed by atoms with Gasteiger partial charge in [0.05, 0.1) is 6.10 Å². The maximum atomic E-state index is 12.1. The summed E-state index contributed by atoms with van der Waals surface area (Å²) >= 11 is 0. The molecule has 1 aliphatic carbocycles. The highest BCUT2D eigenvalue weighted by molar-refractivity contribution is 5.96. The first-order valence-corrected chi connectivity index (χ1v) is 8.21. The smallest absolute Gasteiger partial charge is 0.316 e. The minimum Gasteiger partial charge on any atom is -0.378 e. The number of benzene rings is 1. The summed E-state index contributed by atoms with van der Waals surface area (Å²) in [6.45, 7) is 1.24. The molecule has 23 heavy (non-hydrogen) atoms. The first-order chi connectivity index (χ1) is 11.1. The highest BCUT2D eigenvalue weighted by Crippen LogP contribution is 2.20. The SMILES string of the molecule is NC(=O)Nc1cccc(C(=O)NCCCOC2CCCCC2)c1. The number of amides is 3. The van der Waals surface area contributed by atoms with Gasteiger partial charge in [0.25, 0.3) is 5.91 Å². The third-order valence-corrected chi connectivity index (χ3v) is 3.90. The third kappa shape index (κ3) is 6.28. The van der Waals surface area contributed by atoms with Crippen molar-refractivity contribution in [3.05, 3.63) is 29.8 Å². The van der Waals surface area contributed by atoms with Crippen molar-refractivity contribution < 1.29 is 14.3 Å². The predicted octanol–water partition coefficient (Wildman–Crippen LogP) is 2.65. The Morgan fingerprint density at radius 3 is 2.74 bits per heavy atom. The first kappa shape index (κ1) is 17.3. The third-order valence-electron chi connectivity index (χ3n) is 3.90. The maximum Gasteiger partial charge on any atom is 0.316 e. The molecule has 1 aromatic rings. The minimum absolute atomic E-state index is 0.171. The van der Waals surface area contributed by atoms with Crippen LogP contribution in [0.1, 0.15) is 48.9 Å². The highest BCUT2D eigenvalue weighted by Gasteiger charge is 2.13. The van der Waals surface area contributed by atoms with Gasteiger partial charge >= 0.3 is 6.03 Å². The lowest BCUT2D eigenvalue weighted by Gasteiger charge is -2.21. The van der Waals surface area contributed by atoms with Crippen LogP contribution in [0, 0.1) is 0 Å². The van der Waals surface area contributed by atoms with Crippen LogP contribution in [0.5, 0.6) is 0 Å². The van der Waals surface area contributed by atoms with Gasteiger partial charge in [0.1, 0.15) is 0 Å². The van der Waals surface area contributed by atoms with E-state index in [4.69, 9.17) is 10.5 Å². The molecule has 1 aromatic carbocycles. The Morgan fingerprint density at radius 2 is 2.00 bits per heavy atom. The van der Waals surface area contributed by atoms with Crippen molar-refractivity contribution in [1.29, 1.82) is 0 Å². The van der Waals surface area contributed by atoms with Crippen LogP contribution < -0.4 is 16.4 Å². The molecule has 0 unspecified atom stereocenters. The maximum absolute atomic E-state index is 12.1. The Hall–Kier alpha value is -2.08. The number of urea groups is 1. The number of nitrogens with two attached hydrogens (primary N) is 1. The van der Waals surface area contributed by atoms with Gasteiger partial charge in [0, 0.05) is 24.4 Å². The summed E-state index contributed by atoms with van der Waals surface area (Å²) in [5.74, 6) is -0.171. The van der Waals surface area contributed by atoms with E-state index in [2.05, 4.69) is 10.6 Å². The number of carbonyl (C=O) groups is 2. The van der Waals surface area contributed by atoms with Gasteiger partial charge in [-0.25, -0.2) is 4.79 Å². The van der Waals surface area contributed by atoms with Crippen molar-refractivity contribution in [1.82, 2.24) is 5.32 Å². The topological polar surface area (TPSA) is 93.5 Å². The van der Waals surface area contributed by atoms with Gasteiger partial charge in [-0.1, -0.05) is 25.3 Å². The normalized spacial score (nSPS) is 15.1. The zero-order chi connectivity index (χ0) is 16.5. The molecule has 0 radical (unpaired) electrons. The van der Waals surface area contributed by atoms with Gasteiger partial charge in [0.15, 0.2) is 0 Å². The van der Waals surface area contributed by atoms with E-state index in [0.717, 1.165) is 19.3 Å².